The normalized spacial score (nSPS) is 11.0. The predicted octanol–water partition coefficient (Wildman–Crippen LogP) is 4.40. The molecule has 0 unspecified atom stereocenters. The minimum atomic E-state index is -0.0313. The van der Waals surface area contributed by atoms with Gasteiger partial charge in [-0.25, -0.2) is 0 Å². The number of carbonyl (C=O) groups is 2. The minimum Gasteiger partial charge on any atom is -0.339 e. The van der Waals surface area contributed by atoms with Crippen LogP contribution in [0.3, 0.4) is 0 Å². The summed E-state index contributed by atoms with van der Waals surface area (Å²) in [6.07, 6.45) is 11.3. The molecule has 0 heterocycles. The van der Waals surface area contributed by atoms with Gasteiger partial charge in [0, 0.05) is 38.3 Å². The Morgan fingerprint density at radius 2 is 0.833 bits per heavy atom. The Bertz CT molecular complexity index is 317. The van der Waals surface area contributed by atoms with Crippen molar-refractivity contribution in [1.29, 1.82) is 0 Å². The van der Waals surface area contributed by atoms with Crippen LogP contribution < -0.4 is 0 Å². The summed E-state index contributed by atoms with van der Waals surface area (Å²) in [7, 11) is 0. The maximum Gasteiger partial charge on any atom is 0.246 e. The zero-order valence-corrected chi connectivity index (χ0v) is 16.4. The molecule has 0 rings (SSSR count). The van der Waals surface area contributed by atoms with Gasteiger partial charge in [0.2, 0.25) is 11.8 Å². The predicted molar refractivity (Wildman–Crippen MR) is 102 cm³/mol. The van der Waals surface area contributed by atoms with Crippen molar-refractivity contribution in [2.75, 3.05) is 26.2 Å². The lowest BCUT2D eigenvalue weighted by Gasteiger charge is -2.22. The Morgan fingerprint density at radius 1 is 0.583 bits per heavy atom. The molecule has 0 N–H and O–H groups in total. The van der Waals surface area contributed by atoms with Crippen molar-refractivity contribution in [3.8, 4) is 0 Å². The fourth-order valence-electron chi connectivity index (χ4n) is 2.41. The van der Waals surface area contributed by atoms with E-state index in [1.54, 1.807) is 0 Å². The number of nitrogens with zero attached hydrogens (tertiary/aromatic N) is 2. The molecule has 0 saturated carbocycles. The first-order valence-electron chi connectivity index (χ1n) is 9.86. The van der Waals surface area contributed by atoms with E-state index in [1.807, 2.05) is 9.80 Å². The Balaban J connectivity index is 4.68. The van der Waals surface area contributed by atoms with Gasteiger partial charge in [-0.15, -0.1) is 0 Å². The molecule has 0 aliphatic heterocycles. The molecule has 0 aromatic rings. The van der Waals surface area contributed by atoms with Gasteiger partial charge in [0.25, 0.3) is 0 Å². The van der Waals surface area contributed by atoms with Crippen molar-refractivity contribution in [2.24, 2.45) is 0 Å². The highest BCUT2D eigenvalue weighted by Crippen LogP contribution is 2.03. The molecular formula is C20H38N2O2. The highest BCUT2D eigenvalue weighted by Gasteiger charge is 2.12. The molecule has 2 amide bonds. The molecule has 0 aromatic carbocycles. The van der Waals surface area contributed by atoms with Gasteiger partial charge in [-0.2, -0.15) is 0 Å². The van der Waals surface area contributed by atoms with Gasteiger partial charge in [0.05, 0.1) is 0 Å². The van der Waals surface area contributed by atoms with Crippen LogP contribution in [-0.4, -0.2) is 47.8 Å². The molecule has 140 valence electrons. The third-order valence-corrected chi connectivity index (χ3v) is 4.12. The highest BCUT2D eigenvalue weighted by atomic mass is 16.2. The molecule has 0 aliphatic carbocycles. The highest BCUT2D eigenvalue weighted by molar-refractivity contribution is 5.96. The molecule has 0 radical (unpaired) electrons. The van der Waals surface area contributed by atoms with Crippen LogP contribution in [0, 0.1) is 0 Å². The summed E-state index contributed by atoms with van der Waals surface area (Å²) in [5.74, 6) is -0.0626. The lowest BCUT2D eigenvalue weighted by atomic mass is 10.2. The second-order valence-electron chi connectivity index (χ2n) is 6.40. The van der Waals surface area contributed by atoms with Crippen molar-refractivity contribution in [1.82, 2.24) is 9.80 Å². The van der Waals surface area contributed by atoms with Gasteiger partial charge in [0.1, 0.15) is 0 Å². The fourth-order valence-corrected chi connectivity index (χ4v) is 2.41. The monoisotopic (exact) mass is 338 g/mol. The van der Waals surface area contributed by atoms with Crippen LogP contribution >= 0.6 is 0 Å². The number of rotatable bonds is 14. The standard InChI is InChI=1S/C20H38N2O2/c1-5-9-15-21(16-10-6-2)19(23)13-14-20(24)22(17-11-7-3)18-12-8-4/h13-14H,5-12,15-18H2,1-4H3/b14-13+. The van der Waals surface area contributed by atoms with E-state index in [4.69, 9.17) is 0 Å². The molecule has 0 spiro atoms. The smallest absolute Gasteiger partial charge is 0.246 e. The van der Waals surface area contributed by atoms with Crippen molar-refractivity contribution in [3.05, 3.63) is 12.2 Å². The zero-order chi connectivity index (χ0) is 18.2. The average molecular weight is 339 g/mol. The zero-order valence-electron chi connectivity index (χ0n) is 16.4. The van der Waals surface area contributed by atoms with E-state index < -0.39 is 0 Å². The Hall–Kier alpha value is -1.32. The van der Waals surface area contributed by atoms with Crippen molar-refractivity contribution in [2.45, 2.75) is 79.1 Å². The molecule has 24 heavy (non-hydrogen) atoms. The second kappa shape index (κ2) is 15.2. The van der Waals surface area contributed by atoms with Gasteiger partial charge < -0.3 is 9.80 Å². The van der Waals surface area contributed by atoms with Crippen LogP contribution in [0.1, 0.15) is 79.1 Å². The Kier molecular flexibility index (Phi) is 14.4. The van der Waals surface area contributed by atoms with Gasteiger partial charge in [0.15, 0.2) is 0 Å². The molecular weight excluding hydrogens is 300 g/mol. The molecule has 0 fully saturated rings. The summed E-state index contributed by atoms with van der Waals surface area (Å²) in [6, 6.07) is 0. The quantitative estimate of drug-likeness (QED) is 0.440. The van der Waals surface area contributed by atoms with Crippen molar-refractivity contribution >= 4 is 11.8 Å². The van der Waals surface area contributed by atoms with Crippen LogP contribution in [0.2, 0.25) is 0 Å². The summed E-state index contributed by atoms with van der Waals surface area (Å²) in [4.78, 5) is 28.5. The van der Waals surface area contributed by atoms with E-state index in [9.17, 15) is 9.59 Å². The summed E-state index contributed by atoms with van der Waals surface area (Å²) >= 11 is 0. The van der Waals surface area contributed by atoms with Gasteiger partial charge in [-0.05, 0) is 25.7 Å². The first kappa shape index (κ1) is 22.7. The minimum absolute atomic E-state index is 0.0313. The maximum atomic E-state index is 12.4. The first-order valence-corrected chi connectivity index (χ1v) is 9.86. The van der Waals surface area contributed by atoms with Crippen LogP contribution in [0.15, 0.2) is 12.2 Å². The average Bonchev–Trinajstić information content (AvgIpc) is 2.59. The third-order valence-electron chi connectivity index (χ3n) is 4.12. The number of hydrogen-bond acceptors (Lipinski definition) is 2. The number of amides is 2. The molecule has 4 heteroatoms. The molecule has 0 bridgehead atoms. The van der Waals surface area contributed by atoms with Crippen molar-refractivity contribution in [3.63, 3.8) is 0 Å². The van der Waals surface area contributed by atoms with E-state index in [2.05, 4.69) is 27.7 Å². The number of unbranched alkanes of at least 4 members (excludes halogenated alkanes) is 4. The molecule has 0 aliphatic rings. The Morgan fingerprint density at radius 3 is 1.04 bits per heavy atom. The van der Waals surface area contributed by atoms with Gasteiger partial charge in [-0.3, -0.25) is 9.59 Å². The summed E-state index contributed by atoms with van der Waals surface area (Å²) in [5.41, 5.74) is 0. The number of carbonyl (C=O) groups excluding carboxylic acids is 2. The summed E-state index contributed by atoms with van der Waals surface area (Å²) in [6.45, 7) is 11.6. The van der Waals surface area contributed by atoms with Crippen LogP contribution in [0.5, 0.6) is 0 Å². The molecule has 0 aromatic heterocycles. The topological polar surface area (TPSA) is 40.6 Å². The summed E-state index contributed by atoms with van der Waals surface area (Å²) < 4.78 is 0. The first-order chi connectivity index (χ1) is 11.6. The second-order valence-corrected chi connectivity index (χ2v) is 6.40. The largest absolute Gasteiger partial charge is 0.339 e. The van der Waals surface area contributed by atoms with E-state index >= 15 is 0 Å². The molecule has 4 nitrogen and oxygen atoms in total. The van der Waals surface area contributed by atoms with Gasteiger partial charge in [-0.1, -0.05) is 53.4 Å². The van der Waals surface area contributed by atoms with Crippen LogP contribution in [0.4, 0.5) is 0 Å². The number of hydrogen-bond donors (Lipinski definition) is 0. The van der Waals surface area contributed by atoms with E-state index in [0.29, 0.717) is 0 Å². The lowest BCUT2D eigenvalue weighted by Crippen LogP contribution is -2.33. The van der Waals surface area contributed by atoms with Crippen molar-refractivity contribution < 1.29 is 9.59 Å². The van der Waals surface area contributed by atoms with E-state index in [0.717, 1.165) is 77.5 Å². The van der Waals surface area contributed by atoms with E-state index in [-0.39, 0.29) is 11.8 Å². The van der Waals surface area contributed by atoms with Crippen LogP contribution in [-0.2, 0) is 9.59 Å². The Labute approximate surface area is 149 Å². The molecule has 0 saturated heterocycles. The van der Waals surface area contributed by atoms with E-state index in [1.165, 1.54) is 12.2 Å². The maximum absolute atomic E-state index is 12.4. The molecule has 0 atom stereocenters. The SMILES string of the molecule is CCCCN(CCCC)C(=O)/C=C/C(=O)N(CCCC)CCCC. The summed E-state index contributed by atoms with van der Waals surface area (Å²) in [5, 5.41) is 0. The van der Waals surface area contributed by atoms with Gasteiger partial charge >= 0.3 is 0 Å². The lowest BCUT2D eigenvalue weighted by molar-refractivity contribution is -0.128. The van der Waals surface area contributed by atoms with Crippen LogP contribution in [0.25, 0.3) is 0 Å². The third kappa shape index (κ3) is 10.5. The fraction of sp³-hybridized carbons (Fsp3) is 0.800.